The molecule has 0 unspecified atom stereocenters. The van der Waals surface area contributed by atoms with E-state index < -0.39 is 0 Å². The van der Waals surface area contributed by atoms with Crippen LogP contribution in [0.25, 0.3) is 5.76 Å². The first kappa shape index (κ1) is 12.6. The van der Waals surface area contributed by atoms with Crippen molar-refractivity contribution in [3.63, 3.8) is 0 Å². The van der Waals surface area contributed by atoms with Crippen molar-refractivity contribution >= 4 is 11.5 Å². The van der Waals surface area contributed by atoms with Crippen molar-refractivity contribution in [3.05, 3.63) is 54.3 Å². The van der Waals surface area contributed by atoms with E-state index in [1.807, 2.05) is 44.2 Å². The molecule has 0 saturated carbocycles. The summed E-state index contributed by atoms with van der Waals surface area (Å²) in [6.45, 7) is 7.84. The molecule has 94 valence electrons. The molecule has 0 N–H and O–H groups in total. The average molecular weight is 242 g/mol. The largest absolute Gasteiger partial charge is 0.462 e. The Kier molecular flexibility index (Phi) is 3.37. The first-order chi connectivity index (χ1) is 8.49. The van der Waals surface area contributed by atoms with Gasteiger partial charge >= 0.3 is 0 Å². The SMILES string of the molecule is C=C(OC1=CC(=O)C(C)(C)CC1)c1ccccc1. The maximum atomic E-state index is 11.9. The highest BCUT2D eigenvalue weighted by Gasteiger charge is 2.30. The standard InChI is InChI=1S/C16H18O2/c1-12(13-7-5-4-6-8-13)18-14-9-10-16(2,3)15(17)11-14/h4-8,11H,1,9-10H2,2-3H3. The lowest BCUT2D eigenvalue weighted by molar-refractivity contribution is -0.123. The average Bonchev–Trinajstić information content (AvgIpc) is 2.35. The van der Waals surface area contributed by atoms with Crippen LogP contribution in [0.5, 0.6) is 0 Å². The molecule has 0 aliphatic heterocycles. The van der Waals surface area contributed by atoms with Crippen LogP contribution < -0.4 is 0 Å². The predicted octanol–water partition coefficient (Wildman–Crippen LogP) is 3.95. The van der Waals surface area contributed by atoms with Crippen molar-refractivity contribution in [2.75, 3.05) is 0 Å². The van der Waals surface area contributed by atoms with Crippen LogP contribution in [0.2, 0.25) is 0 Å². The molecule has 2 nitrogen and oxygen atoms in total. The van der Waals surface area contributed by atoms with Gasteiger partial charge in [-0.2, -0.15) is 0 Å². The molecule has 0 fully saturated rings. The highest BCUT2D eigenvalue weighted by atomic mass is 16.5. The number of rotatable bonds is 3. The molecule has 2 heteroatoms. The molecule has 0 saturated heterocycles. The summed E-state index contributed by atoms with van der Waals surface area (Å²) < 4.78 is 5.69. The fourth-order valence-corrected chi connectivity index (χ4v) is 1.89. The van der Waals surface area contributed by atoms with Crippen LogP contribution >= 0.6 is 0 Å². The second kappa shape index (κ2) is 4.81. The summed E-state index contributed by atoms with van der Waals surface area (Å²) in [7, 11) is 0. The monoisotopic (exact) mass is 242 g/mol. The molecule has 0 aromatic heterocycles. The van der Waals surface area contributed by atoms with Gasteiger partial charge in [0, 0.05) is 23.5 Å². The highest BCUT2D eigenvalue weighted by Crippen LogP contribution is 2.33. The lowest BCUT2D eigenvalue weighted by Crippen LogP contribution is -2.26. The second-order valence-corrected chi connectivity index (χ2v) is 5.25. The molecular formula is C16H18O2. The van der Waals surface area contributed by atoms with Crippen LogP contribution in [0.15, 0.2) is 48.7 Å². The summed E-state index contributed by atoms with van der Waals surface area (Å²) in [6, 6.07) is 9.71. The molecule has 0 spiro atoms. The van der Waals surface area contributed by atoms with Gasteiger partial charge in [0.25, 0.3) is 0 Å². The first-order valence-electron chi connectivity index (χ1n) is 6.16. The van der Waals surface area contributed by atoms with Gasteiger partial charge in [0.15, 0.2) is 5.78 Å². The van der Waals surface area contributed by atoms with Gasteiger partial charge in [-0.15, -0.1) is 0 Å². The van der Waals surface area contributed by atoms with Gasteiger partial charge in [-0.25, -0.2) is 0 Å². The Bertz CT molecular complexity index is 495. The molecule has 0 amide bonds. The van der Waals surface area contributed by atoms with Gasteiger partial charge in [0.2, 0.25) is 0 Å². The van der Waals surface area contributed by atoms with E-state index >= 15 is 0 Å². The van der Waals surface area contributed by atoms with Gasteiger partial charge in [0.05, 0.1) is 0 Å². The number of ketones is 1. The van der Waals surface area contributed by atoms with E-state index in [0.29, 0.717) is 11.5 Å². The van der Waals surface area contributed by atoms with Crippen molar-refractivity contribution < 1.29 is 9.53 Å². The maximum Gasteiger partial charge on any atom is 0.164 e. The molecule has 0 bridgehead atoms. The van der Waals surface area contributed by atoms with Crippen LogP contribution in [0.4, 0.5) is 0 Å². The Morgan fingerprint density at radius 1 is 1.28 bits per heavy atom. The van der Waals surface area contributed by atoms with E-state index in [4.69, 9.17) is 4.74 Å². The summed E-state index contributed by atoms with van der Waals surface area (Å²) in [5.74, 6) is 1.44. The molecule has 1 aromatic carbocycles. The number of hydrogen-bond donors (Lipinski definition) is 0. The molecule has 1 aliphatic carbocycles. The van der Waals surface area contributed by atoms with Crippen molar-refractivity contribution in [1.82, 2.24) is 0 Å². The van der Waals surface area contributed by atoms with Gasteiger partial charge in [-0.05, 0) is 6.42 Å². The minimum atomic E-state index is -0.263. The van der Waals surface area contributed by atoms with Crippen molar-refractivity contribution in [3.8, 4) is 0 Å². The van der Waals surface area contributed by atoms with E-state index in [1.165, 1.54) is 0 Å². The molecule has 0 atom stereocenters. The third kappa shape index (κ3) is 2.70. The molecule has 18 heavy (non-hydrogen) atoms. The highest BCUT2D eigenvalue weighted by molar-refractivity contribution is 5.95. The van der Waals surface area contributed by atoms with Crippen LogP contribution in [-0.2, 0) is 9.53 Å². The Labute approximate surface area is 108 Å². The molecular weight excluding hydrogens is 224 g/mol. The summed E-state index contributed by atoms with van der Waals surface area (Å²) in [5.41, 5.74) is 0.677. The van der Waals surface area contributed by atoms with E-state index in [9.17, 15) is 4.79 Å². The van der Waals surface area contributed by atoms with E-state index in [-0.39, 0.29) is 11.2 Å². The first-order valence-corrected chi connectivity index (χ1v) is 6.16. The number of hydrogen-bond acceptors (Lipinski definition) is 2. The van der Waals surface area contributed by atoms with Crippen molar-refractivity contribution in [2.45, 2.75) is 26.7 Å². The maximum absolute atomic E-state index is 11.9. The van der Waals surface area contributed by atoms with Gasteiger partial charge in [0.1, 0.15) is 11.5 Å². The Morgan fingerprint density at radius 3 is 2.56 bits per heavy atom. The van der Waals surface area contributed by atoms with Gasteiger partial charge in [-0.1, -0.05) is 50.8 Å². The normalized spacial score (nSPS) is 18.1. The van der Waals surface area contributed by atoms with E-state index in [1.54, 1.807) is 6.08 Å². The lowest BCUT2D eigenvalue weighted by atomic mass is 9.79. The van der Waals surface area contributed by atoms with E-state index in [2.05, 4.69) is 6.58 Å². The molecule has 2 rings (SSSR count). The minimum absolute atomic E-state index is 0.129. The van der Waals surface area contributed by atoms with E-state index in [0.717, 1.165) is 18.4 Å². The predicted molar refractivity (Wildman–Crippen MR) is 72.7 cm³/mol. The number of carbonyl (C=O) groups is 1. The quantitative estimate of drug-likeness (QED) is 0.750. The van der Waals surface area contributed by atoms with Gasteiger partial charge < -0.3 is 4.74 Å². The zero-order chi connectivity index (χ0) is 13.2. The topological polar surface area (TPSA) is 26.3 Å². The zero-order valence-electron chi connectivity index (χ0n) is 10.9. The second-order valence-electron chi connectivity index (χ2n) is 5.25. The van der Waals surface area contributed by atoms with Gasteiger partial charge in [-0.3, -0.25) is 4.79 Å². The lowest BCUT2D eigenvalue weighted by Gasteiger charge is -2.27. The number of benzene rings is 1. The summed E-state index contributed by atoms with van der Waals surface area (Å²) in [5, 5.41) is 0. The number of carbonyl (C=O) groups excluding carboxylic acids is 1. The van der Waals surface area contributed by atoms with Crippen LogP contribution in [0, 0.1) is 5.41 Å². The molecule has 1 aromatic rings. The number of ether oxygens (including phenoxy) is 1. The Hall–Kier alpha value is -1.83. The third-order valence-corrected chi connectivity index (χ3v) is 3.31. The fourth-order valence-electron chi connectivity index (χ4n) is 1.89. The molecule has 0 radical (unpaired) electrons. The van der Waals surface area contributed by atoms with Crippen LogP contribution in [0.3, 0.4) is 0 Å². The third-order valence-electron chi connectivity index (χ3n) is 3.31. The summed E-state index contributed by atoms with van der Waals surface area (Å²) in [6.07, 6.45) is 3.21. The fraction of sp³-hybridized carbons (Fsp3) is 0.312. The van der Waals surface area contributed by atoms with Crippen molar-refractivity contribution in [1.29, 1.82) is 0 Å². The Morgan fingerprint density at radius 2 is 1.94 bits per heavy atom. The minimum Gasteiger partial charge on any atom is -0.462 e. The van der Waals surface area contributed by atoms with Crippen LogP contribution in [-0.4, -0.2) is 5.78 Å². The summed E-state index contributed by atoms with van der Waals surface area (Å²) >= 11 is 0. The molecule has 1 aliphatic rings. The smallest absolute Gasteiger partial charge is 0.164 e. The number of allylic oxidation sites excluding steroid dienone is 2. The van der Waals surface area contributed by atoms with Crippen molar-refractivity contribution in [2.24, 2.45) is 5.41 Å². The Balaban J connectivity index is 2.08. The zero-order valence-corrected chi connectivity index (χ0v) is 10.9. The van der Waals surface area contributed by atoms with Crippen LogP contribution in [0.1, 0.15) is 32.3 Å². The summed E-state index contributed by atoms with van der Waals surface area (Å²) in [4.78, 5) is 11.9. The molecule has 0 heterocycles.